The van der Waals surface area contributed by atoms with E-state index in [2.05, 4.69) is 21.1 Å². The number of fused-ring (bicyclic) bond motifs is 1. The van der Waals surface area contributed by atoms with Gasteiger partial charge in [-0.3, -0.25) is 4.79 Å². The largest absolute Gasteiger partial charge is 0.345 e. The van der Waals surface area contributed by atoms with Gasteiger partial charge in [-0.25, -0.2) is 4.98 Å². The highest BCUT2D eigenvalue weighted by molar-refractivity contribution is 7.22. The molecule has 142 valence electrons. The number of piperazine rings is 1. The van der Waals surface area contributed by atoms with Gasteiger partial charge < -0.3 is 14.3 Å². The van der Waals surface area contributed by atoms with Crippen LogP contribution in [0, 0.1) is 0 Å². The molecule has 0 unspecified atom stereocenters. The molecule has 8 heteroatoms. The van der Waals surface area contributed by atoms with Crippen LogP contribution in [0.3, 0.4) is 0 Å². The third-order valence-corrected chi connectivity index (χ3v) is 5.84. The van der Waals surface area contributed by atoms with Crippen molar-refractivity contribution in [3.05, 3.63) is 36.0 Å². The minimum Gasteiger partial charge on any atom is -0.345 e. The summed E-state index contributed by atoms with van der Waals surface area (Å²) in [5.74, 6) is 1.61. The SMILES string of the molecule is CC(C)c1noc(CCC(=O)N2CCN(c3nc4ccccc4s3)CC2)n1. The molecule has 1 aliphatic rings. The van der Waals surface area contributed by atoms with E-state index in [0.717, 1.165) is 36.8 Å². The Morgan fingerprint density at radius 3 is 2.67 bits per heavy atom. The van der Waals surface area contributed by atoms with Crippen LogP contribution in [0.5, 0.6) is 0 Å². The van der Waals surface area contributed by atoms with E-state index in [-0.39, 0.29) is 11.8 Å². The molecular formula is C19H23N5O2S. The lowest BCUT2D eigenvalue weighted by Crippen LogP contribution is -2.48. The number of hydrogen-bond donors (Lipinski definition) is 0. The average Bonchev–Trinajstić information content (AvgIpc) is 3.33. The fourth-order valence-electron chi connectivity index (χ4n) is 3.12. The second kappa shape index (κ2) is 7.64. The monoisotopic (exact) mass is 385 g/mol. The molecule has 1 amide bonds. The van der Waals surface area contributed by atoms with Gasteiger partial charge in [-0.05, 0) is 12.1 Å². The van der Waals surface area contributed by atoms with E-state index < -0.39 is 0 Å². The molecule has 0 radical (unpaired) electrons. The Morgan fingerprint density at radius 2 is 1.96 bits per heavy atom. The highest BCUT2D eigenvalue weighted by Gasteiger charge is 2.23. The van der Waals surface area contributed by atoms with E-state index in [9.17, 15) is 4.79 Å². The van der Waals surface area contributed by atoms with Gasteiger partial charge in [0.2, 0.25) is 11.8 Å². The lowest BCUT2D eigenvalue weighted by atomic mass is 10.2. The first-order chi connectivity index (χ1) is 13.1. The zero-order valence-electron chi connectivity index (χ0n) is 15.6. The Bertz CT molecular complexity index is 894. The summed E-state index contributed by atoms with van der Waals surface area (Å²) in [6, 6.07) is 8.18. The molecule has 0 spiro atoms. The number of hydrogen-bond acceptors (Lipinski definition) is 7. The summed E-state index contributed by atoms with van der Waals surface area (Å²) in [6.07, 6.45) is 0.900. The van der Waals surface area contributed by atoms with Crippen molar-refractivity contribution in [2.24, 2.45) is 0 Å². The molecule has 2 aromatic heterocycles. The van der Waals surface area contributed by atoms with Gasteiger partial charge in [0.25, 0.3) is 0 Å². The zero-order chi connectivity index (χ0) is 18.8. The zero-order valence-corrected chi connectivity index (χ0v) is 16.4. The van der Waals surface area contributed by atoms with Gasteiger partial charge >= 0.3 is 0 Å². The van der Waals surface area contributed by atoms with Crippen molar-refractivity contribution in [1.82, 2.24) is 20.0 Å². The summed E-state index contributed by atoms with van der Waals surface area (Å²) < 4.78 is 6.42. The molecular weight excluding hydrogens is 362 g/mol. The van der Waals surface area contributed by atoms with Crippen LogP contribution >= 0.6 is 11.3 Å². The lowest BCUT2D eigenvalue weighted by molar-refractivity contribution is -0.131. The van der Waals surface area contributed by atoms with Crippen LogP contribution < -0.4 is 4.90 Å². The van der Waals surface area contributed by atoms with E-state index in [1.54, 1.807) is 11.3 Å². The first-order valence-corrected chi connectivity index (χ1v) is 10.1. The summed E-state index contributed by atoms with van der Waals surface area (Å²) in [6.45, 7) is 7.09. The molecule has 0 aliphatic carbocycles. The van der Waals surface area contributed by atoms with E-state index in [1.807, 2.05) is 36.9 Å². The number of nitrogens with zero attached hydrogens (tertiary/aromatic N) is 5. The normalized spacial score (nSPS) is 15.1. The summed E-state index contributed by atoms with van der Waals surface area (Å²) in [7, 11) is 0. The maximum absolute atomic E-state index is 12.5. The van der Waals surface area contributed by atoms with Crippen LogP contribution in [0.25, 0.3) is 10.2 Å². The second-order valence-electron chi connectivity index (χ2n) is 7.03. The predicted molar refractivity (Wildman–Crippen MR) is 105 cm³/mol. The van der Waals surface area contributed by atoms with Crippen molar-refractivity contribution < 1.29 is 9.32 Å². The Kier molecular flexibility index (Phi) is 5.07. The Hall–Kier alpha value is -2.48. The van der Waals surface area contributed by atoms with Crippen molar-refractivity contribution in [2.45, 2.75) is 32.6 Å². The summed E-state index contributed by atoms with van der Waals surface area (Å²) in [5.41, 5.74) is 1.04. The number of benzene rings is 1. The summed E-state index contributed by atoms with van der Waals surface area (Å²) in [4.78, 5) is 25.7. The van der Waals surface area contributed by atoms with Crippen LogP contribution in [0.4, 0.5) is 5.13 Å². The van der Waals surface area contributed by atoms with E-state index in [0.29, 0.717) is 24.6 Å². The van der Waals surface area contributed by atoms with Gasteiger partial charge in [-0.2, -0.15) is 4.98 Å². The maximum Gasteiger partial charge on any atom is 0.227 e. The molecule has 1 aromatic carbocycles. The van der Waals surface area contributed by atoms with Gasteiger partial charge in [0.15, 0.2) is 11.0 Å². The molecule has 0 N–H and O–H groups in total. The van der Waals surface area contributed by atoms with Crippen LogP contribution in [-0.2, 0) is 11.2 Å². The molecule has 3 heterocycles. The third kappa shape index (κ3) is 3.95. The first kappa shape index (κ1) is 17.9. The molecule has 1 aliphatic heterocycles. The number of anilines is 1. The highest BCUT2D eigenvalue weighted by atomic mass is 32.1. The van der Waals surface area contributed by atoms with E-state index in [1.165, 1.54) is 4.70 Å². The smallest absolute Gasteiger partial charge is 0.227 e. The number of carbonyl (C=O) groups is 1. The fraction of sp³-hybridized carbons (Fsp3) is 0.474. The van der Waals surface area contributed by atoms with Gasteiger partial charge in [-0.15, -0.1) is 0 Å². The minimum atomic E-state index is 0.142. The van der Waals surface area contributed by atoms with Crippen molar-refractivity contribution in [3.8, 4) is 0 Å². The average molecular weight is 385 g/mol. The molecule has 3 aromatic rings. The number of carbonyl (C=O) groups excluding carboxylic acids is 1. The van der Waals surface area contributed by atoms with Crippen LogP contribution in [0.1, 0.15) is 37.9 Å². The molecule has 0 atom stereocenters. The second-order valence-corrected chi connectivity index (χ2v) is 8.04. The van der Waals surface area contributed by atoms with E-state index >= 15 is 0 Å². The van der Waals surface area contributed by atoms with Crippen molar-refractivity contribution in [1.29, 1.82) is 0 Å². The number of rotatable bonds is 5. The number of thiazole rings is 1. The van der Waals surface area contributed by atoms with Gasteiger partial charge in [0.1, 0.15) is 0 Å². The Labute approximate surface area is 162 Å². The fourth-order valence-corrected chi connectivity index (χ4v) is 4.14. The highest BCUT2D eigenvalue weighted by Crippen LogP contribution is 2.29. The lowest BCUT2D eigenvalue weighted by Gasteiger charge is -2.34. The van der Waals surface area contributed by atoms with Gasteiger partial charge in [0.05, 0.1) is 10.2 Å². The van der Waals surface area contributed by atoms with Gasteiger partial charge in [0, 0.05) is 44.9 Å². The number of para-hydroxylation sites is 1. The van der Waals surface area contributed by atoms with Crippen molar-refractivity contribution in [3.63, 3.8) is 0 Å². The van der Waals surface area contributed by atoms with Crippen LogP contribution in [0.15, 0.2) is 28.8 Å². The molecule has 0 saturated carbocycles. The topological polar surface area (TPSA) is 75.4 Å². The minimum absolute atomic E-state index is 0.142. The Balaban J connectivity index is 1.29. The number of aryl methyl sites for hydroxylation is 1. The van der Waals surface area contributed by atoms with E-state index in [4.69, 9.17) is 9.51 Å². The predicted octanol–water partition coefficient (Wildman–Crippen LogP) is 3.08. The molecule has 1 fully saturated rings. The number of amides is 1. The molecule has 1 saturated heterocycles. The molecule has 7 nitrogen and oxygen atoms in total. The molecule has 4 rings (SSSR count). The quantitative estimate of drug-likeness (QED) is 0.672. The van der Waals surface area contributed by atoms with Crippen molar-refractivity contribution in [2.75, 3.05) is 31.1 Å². The number of aromatic nitrogens is 3. The van der Waals surface area contributed by atoms with Gasteiger partial charge in [-0.1, -0.05) is 42.5 Å². The van der Waals surface area contributed by atoms with Crippen LogP contribution in [0.2, 0.25) is 0 Å². The standard InChI is InChI=1S/C19H23N5O2S/c1-13(2)18-21-16(26-22-18)7-8-17(25)23-9-11-24(12-10-23)19-20-14-5-3-4-6-15(14)27-19/h3-6,13H,7-12H2,1-2H3. The first-order valence-electron chi connectivity index (χ1n) is 9.31. The van der Waals surface area contributed by atoms with Crippen LogP contribution in [-0.4, -0.2) is 52.1 Å². The maximum atomic E-state index is 12.5. The summed E-state index contributed by atoms with van der Waals surface area (Å²) in [5, 5.41) is 4.98. The van der Waals surface area contributed by atoms with Crippen molar-refractivity contribution >= 4 is 32.6 Å². The molecule has 27 heavy (non-hydrogen) atoms. The third-order valence-electron chi connectivity index (χ3n) is 4.74. The molecule has 0 bridgehead atoms. The Morgan fingerprint density at radius 1 is 1.19 bits per heavy atom. The summed E-state index contributed by atoms with van der Waals surface area (Å²) >= 11 is 1.71.